The zero-order valence-corrected chi connectivity index (χ0v) is 11.9. The van der Waals surface area contributed by atoms with E-state index in [1.165, 1.54) is 10.5 Å². The van der Waals surface area contributed by atoms with Crippen LogP contribution >= 0.6 is 11.8 Å². The van der Waals surface area contributed by atoms with E-state index in [-0.39, 0.29) is 0 Å². The summed E-state index contributed by atoms with van der Waals surface area (Å²) in [6.45, 7) is 2.06. The minimum absolute atomic E-state index is 0.577. The zero-order chi connectivity index (χ0) is 13.8. The van der Waals surface area contributed by atoms with E-state index in [4.69, 9.17) is 4.42 Å². The fourth-order valence-electron chi connectivity index (χ4n) is 1.79. The molecular weight excluding hydrogens is 268 g/mol. The topological polar surface area (TPSA) is 38.9 Å². The molecule has 100 valence electrons. The first-order valence-corrected chi connectivity index (χ1v) is 7.37. The minimum Gasteiger partial charge on any atom is -0.420 e. The lowest BCUT2D eigenvalue weighted by atomic mass is 10.1. The molecule has 0 amide bonds. The van der Waals surface area contributed by atoms with Crippen molar-refractivity contribution in [2.75, 3.05) is 0 Å². The van der Waals surface area contributed by atoms with E-state index in [2.05, 4.69) is 29.3 Å². The molecule has 3 aromatic rings. The predicted molar refractivity (Wildman–Crippen MR) is 80.5 cm³/mol. The lowest BCUT2D eigenvalue weighted by Gasteiger charge is -1.97. The van der Waals surface area contributed by atoms with E-state index >= 15 is 0 Å². The van der Waals surface area contributed by atoms with Crippen molar-refractivity contribution in [2.45, 2.75) is 17.6 Å². The number of aromatic nitrogens is 2. The van der Waals surface area contributed by atoms with Crippen molar-refractivity contribution in [3.05, 3.63) is 66.1 Å². The van der Waals surface area contributed by atoms with E-state index in [1.807, 2.05) is 42.5 Å². The Balaban J connectivity index is 1.69. The van der Waals surface area contributed by atoms with Gasteiger partial charge in [-0.2, -0.15) is 0 Å². The molecule has 0 bridgehead atoms. The van der Waals surface area contributed by atoms with Crippen LogP contribution in [-0.2, 0) is 5.75 Å². The van der Waals surface area contributed by atoms with Gasteiger partial charge in [-0.1, -0.05) is 35.9 Å². The van der Waals surface area contributed by atoms with Gasteiger partial charge in [0.2, 0.25) is 11.8 Å². The van der Waals surface area contributed by atoms with Crippen LogP contribution in [0.3, 0.4) is 0 Å². The Morgan fingerprint density at radius 2 is 1.70 bits per heavy atom. The molecule has 0 atom stereocenters. The van der Waals surface area contributed by atoms with Crippen LogP contribution < -0.4 is 0 Å². The second kappa shape index (κ2) is 5.92. The zero-order valence-electron chi connectivity index (χ0n) is 11.1. The highest BCUT2D eigenvalue weighted by molar-refractivity contribution is 7.98. The maximum absolute atomic E-state index is 5.69. The Hall–Kier alpha value is -2.07. The van der Waals surface area contributed by atoms with E-state index in [1.54, 1.807) is 11.8 Å². The number of hydrogen-bond donors (Lipinski definition) is 0. The molecule has 0 aliphatic rings. The summed E-state index contributed by atoms with van der Waals surface area (Å²) in [5.74, 6) is 1.91. The summed E-state index contributed by atoms with van der Waals surface area (Å²) in [6.07, 6.45) is 0. The molecule has 0 saturated heterocycles. The molecule has 0 N–H and O–H groups in total. The number of thioether (sulfide) groups is 1. The van der Waals surface area contributed by atoms with Crippen LogP contribution in [-0.4, -0.2) is 10.2 Å². The summed E-state index contributed by atoms with van der Waals surface area (Å²) < 4.78 is 5.69. The molecule has 20 heavy (non-hydrogen) atoms. The van der Waals surface area contributed by atoms with Crippen LogP contribution in [0.4, 0.5) is 0 Å². The summed E-state index contributed by atoms with van der Waals surface area (Å²) in [5, 5.41) is 8.19. The largest absolute Gasteiger partial charge is 0.420 e. The van der Waals surface area contributed by atoms with Gasteiger partial charge in [-0.25, -0.2) is 0 Å². The molecule has 1 heterocycles. The monoisotopic (exact) mass is 282 g/mol. The maximum Gasteiger partial charge on any atom is 0.247 e. The highest BCUT2D eigenvalue weighted by Gasteiger charge is 2.08. The molecule has 0 aliphatic carbocycles. The Bertz CT molecular complexity index is 677. The van der Waals surface area contributed by atoms with Gasteiger partial charge in [0, 0.05) is 10.5 Å². The number of benzene rings is 2. The first kappa shape index (κ1) is 12.9. The highest BCUT2D eigenvalue weighted by Crippen LogP contribution is 2.24. The molecule has 0 unspecified atom stereocenters. The third-order valence-corrected chi connectivity index (χ3v) is 3.87. The van der Waals surface area contributed by atoms with Crippen molar-refractivity contribution >= 4 is 11.8 Å². The molecule has 0 saturated carbocycles. The van der Waals surface area contributed by atoms with Crippen molar-refractivity contribution < 1.29 is 4.42 Å². The SMILES string of the molecule is Cc1ccc(-c2nnc(CSc3ccccc3)o2)cc1. The van der Waals surface area contributed by atoms with Gasteiger partial charge in [-0.05, 0) is 31.2 Å². The van der Waals surface area contributed by atoms with Crippen LogP contribution in [0, 0.1) is 6.92 Å². The maximum atomic E-state index is 5.69. The Morgan fingerprint density at radius 1 is 0.950 bits per heavy atom. The van der Waals surface area contributed by atoms with Crippen LogP contribution in [0.1, 0.15) is 11.5 Å². The Kier molecular flexibility index (Phi) is 3.83. The van der Waals surface area contributed by atoms with Crippen molar-refractivity contribution in [1.82, 2.24) is 10.2 Å². The van der Waals surface area contributed by atoms with E-state index in [9.17, 15) is 0 Å². The fourth-order valence-corrected chi connectivity index (χ4v) is 2.54. The van der Waals surface area contributed by atoms with Crippen LogP contribution in [0.5, 0.6) is 0 Å². The normalized spacial score (nSPS) is 10.7. The Labute approximate surface area is 122 Å². The third-order valence-electron chi connectivity index (χ3n) is 2.87. The first-order valence-electron chi connectivity index (χ1n) is 6.38. The summed E-state index contributed by atoms with van der Waals surface area (Å²) >= 11 is 1.69. The number of aryl methyl sites for hydroxylation is 1. The molecule has 1 aromatic heterocycles. The van der Waals surface area contributed by atoms with Crippen molar-refractivity contribution in [3.8, 4) is 11.5 Å². The molecule has 0 radical (unpaired) electrons. The summed E-state index contributed by atoms with van der Waals surface area (Å²) in [7, 11) is 0. The smallest absolute Gasteiger partial charge is 0.247 e. The molecule has 0 fully saturated rings. The lowest BCUT2D eigenvalue weighted by molar-refractivity contribution is 0.528. The van der Waals surface area contributed by atoms with Crippen molar-refractivity contribution in [2.24, 2.45) is 0 Å². The van der Waals surface area contributed by atoms with Crippen molar-refractivity contribution in [3.63, 3.8) is 0 Å². The van der Waals surface area contributed by atoms with Gasteiger partial charge in [-0.3, -0.25) is 0 Å². The van der Waals surface area contributed by atoms with Gasteiger partial charge in [0.1, 0.15) is 0 Å². The summed E-state index contributed by atoms with van der Waals surface area (Å²) in [6, 6.07) is 18.3. The second-order valence-corrected chi connectivity index (χ2v) is 5.52. The summed E-state index contributed by atoms with van der Waals surface area (Å²) in [5.41, 5.74) is 2.17. The van der Waals surface area contributed by atoms with Crippen molar-refractivity contribution in [1.29, 1.82) is 0 Å². The molecule has 3 nitrogen and oxygen atoms in total. The molecule has 0 aliphatic heterocycles. The highest BCUT2D eigenvalue weighted by atomic mass is 32.2. The van der Waals surface area contributed by atoms with E-state index < -0.39 is 0 Å². The van der Waals surface area contributed by atoms with Gasteiger partial charge >= 0.3 is 0 Å². The fraction of sp³-hybridized carbons (Fsp3) is 0.125. The van der Waals surface area contributed by atoms with Gasteiger partial charge in [0.25, 0.3) is 0 Å². The minimum atomic E-state index is 0.577. The van der Waals surface area contributed by atoms with E-state index in [0.717, 1.165) is 5.56 Å². The Morgan fingerprint density at radius 3 is 2.45 bits per heavy atom. The molecule has 0 spiro atoms. The van der Waals surface area contributed by atoms with Gasteiger partial charge in [0.05, 0.1) is 5.75 Å². The van der Waals surface area contributed by atoms with Crippen LogP contribution in [0.2, 0.25) is 0 Å². The first-order chi connectivity index (χ1) is 9.81. The predicted octanol–water partition coefficient (Wildman–Crippen LogP) is 4.34. The van der Waals surface area contributed by atoms with E-state index in [0.29, 0.717) is 17.5 Å². The standard InChI is InChI=1S/C16H14N2OS/c1-12-7-9-13(10-8-12)16-18-17-15(19-16)11-20-14-5-3-2-4-6-14/h2-10H,11H2,1H3. The molecule has 3 rings (SSSR count). The number of nitrogens with zero attached hydrogens (tertiary/aromatic N) is 2. The third kappa shape index (κ3) is 3.08. The summed E-state index contributed by atoms with van der Waals surface area (Å²) in [4.78, 5) is 1.20. The van der Waals surface area contributed by atoms with Gasteiger partial charge in [0.15, 0.2) is 0 Å². The average Bonchev–Trinajstić information content (AvgIpc) is 2.96. The molecule has 4 heteroatoms. The average molecular weight is 282 g/mol. The van der Waals surface area contributed by atoms with Gasteiger partial charge in [-0.15, -0.1) is 22.0 Å². The molecule has 2 aromatic carbocycles. The number of hydrogen-bond acceptors (Lipinski definition) is 4. The van der Waals surface area contributed by atoms with Crippen LogP contribution in [0.15, 0.2) is 63.9 Å². The second-order valence-electron chi connectivity index (χ2n) is 4.47. The van der Waals surface area contributed by atoms with Gasteiger partial charge < -0.3 is 4.42 Å². The molecular formula is C16H14N2OS. The number of rotatable bonds is 4. The van der Waals surface area contributed by atoms with Crippen LogP contribution in [0.25, 0.3) is 11.5 Å². The quantitative estimate of drug-likeness (QED) is 0.667. The lowest BCUT2D eigenvalue weighted by Crippen LogP contribution is -1.79.